The van der Waals surface area contributed by atoms with Crippen LogP contribution in [0, 0.1) is 0 Å². The van der Waals surface area contributed by atoms with Crippen LogP contribution in [0.4, 0.5) is 4.79 Å². The van der Waals surface area contributed by atoms with Crippen LogP contribution in [0.2, 0.25) is 0 Å². The van der Waals surface area contributed by atoms with Crippen LogP contribution in [0.15, 0.2) is 18.2 Å². The fourth-order valence-electron chi connectivity index (χ4n) is 1.66. The van der Waals surface area contributed by atoms with Gasteiger partial charge in [-0.15, -0.1) is 0 Å². The second-order valence-corrected chi connectivity index (χ2v) is 6.70. The van der Waals surface area contributed by atoms with E-state index < -0.39 is 31.4 Å². The van der Waals surface area contributed by atoms with Crippen molar-refractivity contribution in [3.63, 3.8) is 0 Å². The first kappa shape index (κ1) is 19.8. The molecule has 0 aliphatic carbocycles. The normalized spacial score (nSPS) is 14.4. The summed E-state index contributed by atoms with van der Waals surface area (Å²) in [5, 5.41) is 29.8. The lowest BCUT2D eigenvalue weighted by molar-refractivity contribution is -0.139. The van der Waals surface area contributed by atoms with Crippen molar-refractivity contribution in [1.82, 2.24) is 5.32 Å². The van der Waals surface area contributed by atoms with E-state index in [0.717, 1.165) is 6.66 Å². The Morgan fingerprint density at radius 3 is 2.46 bits per heavy atom. The summed E-state index contributed by atoms with van der Waals surface area (Å²) in [5.41, 5.74) is 0.369. The Morgan fingerprint density at radius 2 is 1.92 bits per heavy atom. The Kier molecular flexibility index (Phi) is 7.02. The van der Waals surface area contributed by atoms with E-state index in [9.17, 15) is 24.4 Å². The Morgan fingerprint density at radius 1 is 1.25 bits per heavy atom. The number of amides is 1. The quantitative estimate of drug-likeness (QED) is 0.253. The number of carbonyl (C=O) groups is 2. The summed E-state index contributed by atoms with van der Waals surface area (Å²) in [5.74, 6) is -2.09. The van der Waals surface area contributed by atoms with Gasteiger partial charge in [-0.05, 0) is 17.7 Å². The molecule has 1 amide bonds. The lowest BCUT2D eigenvalue weighted by Gasteiger charge is -2.15. The highest BCUT2D eigenvalue weighted by Crippen LogP contribution is 2.35. The van der Waals surface area contributed by atoms with Crippen LogP contribution in [0.1, 0.15) is 5.56 Å². The van der Waals surface area contributed by atoms with E-state index in [0.29, 0.717) is 5.56 Å². The summed E-state index contributed by atoms with van der Waals surface area (Å²) < 4.78 is 20.0. The number of aliphatic carboxylic acids is 1. The number of phenolic OH excluding ortho intramolecular Hbond substituents is 2. The van der Waals surface area contributed by atoms with Crippen molar-refractivity contribution in [2.75, 3.05) is 19.9 Å². The average Bonchev–Trinajstić information content (AvgIpc) is 2.45. The van der Waals surface area contributed by atoms with Gasteiger partial charge in [-0.25, -0.2) is 9.59 Å². The average molecular weight is 363 g/mol. The smallest absolute Gasteiger partial charge is 0.407 e. The summed E-state index contributed by atoms with van der Waals surface area (Å²) in [6, 6.07) is 2.42. The third-order valence-corrected chi connectivity index (χ3v) is 3.38. The Balaban J connectivity index is 2.53. The molecule has 0 spiro atoms. The van der Waals surface area contributed by atoms with Crippen molar-refractivity contribution in [3.05, 3.63) is 23.8 Å². The minimum absolute atomic E-state index is 0.157. The number of benzene rings is 1. The van der Waals surface area contributed by atoms with Gasteiger partial charge < -0.3 is 34.8 Å². The highest BCUT2D eigenvalue weighted by molar-refractivity contribution is 7.51. The fraction of sp³-hybridized carbons (Fsp3) is 0.385. The van der Waals surface area contributed by atoms with E-state index in [2.05, 4.69) is 14.6 Å². The zero-order valence-corrected chi connectivity index (χ0v) is 13.6. The summed E-state index contributed by atoms with van der Waals surface area (Å²) in [6.07, 6.45) is -1.20. The molecule has 0 bridgehead atoms. The van der Waals surface area contributed by atoms with Gasteiger partial charge in [0.2, 0.25) is 0 Å². The van der Waals surface area contributed by atoms with Gasteiger partial charge >= 0.3 is 19.7 Å². The van der Waals surface area contributed by atoms with E-state index in [1.165, 1.54) is 18.2 Å². The first-order valence-corrected chi connectivity index (χ1v) is 8.72. The van der Waals surface area contributed by atoms with Crippen molar-refractivity contribution >= 4 is 19.7 Å². The van der Waals surface area contributed by atoms with Crippen molar-refractivity contribution in [2.24, 2.45) is 0 Å². The lowest BCUT2D eigenvalue weighted by Crippen LogP contribution is -2.42. The number of ether oxygens (including phenoxy) is 1. The fourth-order valence-corrected chi connectivity index (χ4v) is 2.07. The number of hydrogen-bond acceptors (Lipinski definition) is 7. The van der Waals surface area contributed by atoms with E-state index in [1.54, 1.807) is 0 Å². The highest BCUT2D eigenvalue weighted by atomic mass is 31.2. The zero-order chi connectivity index (χ0) is 18.3. The van der Waals surface area contributed by atoms with Crippen molar-refractivity contribution in [1.29, 1.82) is 0 Å². The number of aromatic hydroxyl groups is 2. The number of phenols is 2. The maximum Gasteiger partial charge on any atom is 0.407 e. The number of nitrogens with one attached hydrogen (secondary N) is 1. The molecule has 2 atom stereocenters. The lowest BCUT2D eigenvalue weighted by atomic mass is 10.1. The summed E-state index contributed by atoms with van der Waals surface area (Å²) in [7, 11) is -3.67. The molecular formula is C13H18NO9P. The van der Waals surface area contributed by atoms with Crippen LogP contribution in [0.3, 0.4) is 0 Å². The second-order valence-electron chi connectivity index (χ2n) is 4.83. The van der Waals surface area contributed by atoms with E-state index in [1.807, 2.05) is 0 Å². The van der Waals surface area contributed by atoms with Gasteiger partial charge in [0.05, 0.1) is 6.61 Å². The van der Waals surface area contributed by atoms with E-state index in [4.69, 9.17) is 10.00 Å². The predicted octanol–water partition coefficient (Wildman–Crippen LogP) is 0.651. The van der Waals surface area contributed by atoms with Crippen molar-refractivity contribution in [3.8, 4) is 11.5 Å². The topological polar surface area (TPSA) is 163 Å². The monoisotopic (exact) mass is 363 g/mol. The van der Waals surface area contributed by atoms with Crippen LogP contribution < -0.4 is 5.32 Å². The molecule has 11 heteroatoms. The Bertz CT molecular complexity index is 642. The Labute approximate surface area is 137 Å². The van der Waals surface area contributed by atoms with Crippen molar-refractivity contribution in [2.45, 2.75) is 12.5 Å². The molecular weight excluding hydrogens is 345 g/mol. The number of carboxylic acid groups (broad SMARTS) is 1. The van der Waals surface area contributed by atoms with Gasteiger partial charge in [0.15, 0.2) is 11.5 Å². The summed E-state index contributed by atoms with van der Waals surface area (Å²) in [6.45, 7) is 0.318. The molecule has 1 aromatic carbocycles. The van der Waals surface area contributed by atoms with Gasteiger partial charge in [0.25, 0.3) is 0 Å². The third kappa shape index (κ3) is 7.32. The molecule has 1 rings (SSSR count). The molecule has 0 aromatic heterocycles. The third-order valence-electron chi connectivity index (χ3n) is 2.72. The molecule has 0 fully saturated rings. The largest absolute Gasteiger partial charge is 0.504 e. The predicted molar refractivity (Wildman–Crippen MR) is 81.1 cm³/mol. The van der Waals surface area contributed by atoms with Crippen LogP contribution in [0.5, 0.6) is 11.5 Å². The number of carbonyl (C=O) groups excluding carboxylic acids is 1. The second kappa shape index (κ2) is 8.53. The molecule has 0 saturated carbocycles. The minimum Gasteiger partial charge on any atom is -0.504 e. The van der Waals surface area contributed by atoms with Gasteiger partial charge in [0, 0.05) is 13.1 Å². The van der Waals surface area contributed by atoms with Gasteiger partial charge in [0.1, 0.15) is 12.6 Å². The SMILES string of the molecule is CP(=O)(O)OCCOC(=O)N[C@@H](Cc1ccc(O)c(O)c1)C(=O)O. The standard InChI is InChI=1S/C13H18NO9P/c1-24(20,21)23-5-4-22-13(19)14-9(12(17)18)6-8-2-3-10(15)11(16)7-8/h2-3,7,9,15-16H,4-6H2,1H3,(H,14,19)(H,17,18)(H,20,21)/t9-/m0/s1. The number of rotatable bonds is 8. The van der Waals surface area contributed by atoms with Gasteiger partial charge in [-0.2, -0.15) is 0 Å². The maximum absolute atomic E-state index is 11.5. The maximum atomic E-state index is 11.5. The first-order valence-electron chi connectivity index (χ1n) is 6.70. The molecule has 10 nitrogen and oxygen atoms in total. The van der Waals surface area contributed by atoms with E-state index >= 15 is 0 Å². The highest BCUT2D eigenvalue weighted by Gasteiger charge is 2.22. The number of hydrogen-bond donors (Lipinski definition) is 5. The molecule has 0 saturated heterocycles. The molecule has 24 heavy (non-hydrogen) atoms. The first-order chi connectivity index (χ1) is 11.1. The van der Waals surface area contributed by atoms with Gasteiger partial charge in [-0.1, -0.05) is 6.07 Å². The zero-order valence-electron chi connectivity index (χ0n) is 12.7. The molecule has 0 heterocycles. The molecule has 0 radical (unpaired) electrons. The summed E-state index contributed by atoms with van der Waals surface area (Å²) in [4.78, 5) is 31.6. The van der Waals surface area contributed by atoms with Crippen LogP contribution >= 0.6 is 7.60 Å². The molecule has 0 aliphatic heterocycles. The molecule has 134 valence electrons. The number of alkyl carbamates (subject to hydrolysis) is 1. The molecule has 1 unspecified atom stereocenters. The van der Waals surface area contributed by atoms with Crippen molar-refractivity contribution < 1.29 is 43.6 Å². The van der Waals surface area contributed by atoms with E-state index in [-0.39, 0.29) is 25.4 Å². The number of carboxylic acids is 1. The van der Waals surface area contributed by atoms with Gasteiger partial charge in [-0.3, -0.25) is 4.57 Å². The molecule has 5 N–H and O–H groups in total. The Hall–Kier alpha value is -2.29. The summed E-state index contributed by atoms with van der Waals surface area (Å²) >= 11 is 0. The van der Waals surface area contributed by atoms with Crippen LogP contribution in [-0.2, 0) is 25.0 Å². The van der Waals surface area contributed by atoms with Crippen LogP contribution in [0.25, 0.3) is 0 Å². The van der Waals surface area contributed by atoms with Crippen LogP contribution in [-0.4, -0.2) is 58.2 Å². The molecule has 1 aromatic rings. The molecule has 0 aliphatic rings. The minimum atomic E-state index is -3.67.